The Bertz CT molecular complexity index is 192. The minimum atomic E-state index is -4.39. The van der Waals surface area contributed by atoms with E-state index in [1.807, 2.05) is 0 Å². The number of halogens is 3. The van der Waals surface area contributed by atoms with Crippen molar-refractivity contribution in [2.75, 3.05) is 7.05 Å². The van der Waals surface area contributed by atoms with E-state index in [0.29, 0.717) is 0 Å². The molecule has 0 bridgehead atoms. The maximum atomic E-state index is 12.2. The maximum Gasteiger partial charge on any atom is 0.404 e. The summed E-state index contributed by atoms with van der Waals surface area (Å²) in [6.07, 6.45) is -4.97. The standard InChI is InChI=1S/C8H15F3N2O/c1-5(2)13-7(14)4-6(12-3)8(9,10)11/h5-6,12H,4H2,1-3H3,(H,13,14). The number of hydrogen-bond acceptors (Lipinski definition) is 2. The van der Waals surface area contributed by atoms with Gasteiger partial charge in [-0.2, -0.15) is 13.2 Å². The van der Waals surface area contributed by atoms with Crippen molar-refractivity contribution in [3.8, 4) is 0 Å². The summed E-state index contributed by atoms with van der Waals surface area (Å²) in [6.45, 7) is 3.39. The van der Waals surface area contributed by atoms with E-state index in [4.69, 9.17) is 0 Å². The lowest BCUT2D eigenvalue weighted by Crippen LogP contribution is -2.44. The normalized spacial score (nSPS) is 14.2. The number of amides is 1. The predicted octanol–water partition coefficient (Wildman–Crippen LogP) is 1.05. The molecule has 0 aliphatic carbocycles. The van der Waals surface area contributed by atoms with Gasteiger partial charge < -0.3 is 10.6 Å². The van der Waals surface area contributed by atoms with Crippen LogP contribution >= 0.6 is 0 Å². The Morgan fingerprint density at radius 1 is 1.36 bits per heavy atom. The van der Waals surface area contributed by atoms with Crippen molar-refractivity contribution in [1.82, 2.24) is 10.6 Å². The first-order valence-corrected chi connectivity index (χ1v) is 4.30. The zero-order chi connectivity index (χ0) is 11.4. The van der Waals surface area contributed by atoms with Crippen LogP contribution in [0.4, 0.5) is 13.2 Å². The number of nitrogens with one attached hydrogen (secondary N) is 2. The van der Waals surface area contributed by atoms with Crippen molar-refractivity contribution in [2.45, 2.75) is 38.5 Å². The van der Waals surface area contributed by atoms with E-state index in [1.54, 1.807) is 13.8 Å². The van der Waals surface area contributed by atoms with Crippen molar-refractivity contribution < 1.29 is 18.0 Å². The molecule has 0 aromatic rings. The second kappa shape index (κ2) is 5.19. The van der Waals surface area contributed by atoms with Gasteiger partial charge in [0.1, 0.15) is 6.04 Å². The molecule has 1 atom stereocenters. The molecule has 84 valence electrons. The molecule has 0 aliphatic rings. The van der Waals surface area contributed by atoms with Gasteiger partial charge in [-0.3, -0.25) is 4.79 Å². The summed E-state index contributed by atoms with van der Waals surface area (Å²) in [6, 6.07) is -1.92. The van der Waals surface area contributed by atoms with Crippen LogP contribution in [0.3, 0.4) is 0 Å². The second-order valence-corrected chi connectivity index (χ2v) is 3.31. The number of alkyl halides is 3. The molecule has 2 N–H and O–H groups in total. The summed E-state index contributed by atoms with van der Waals surface area (Å²) < 4.78 is 36.5. The van der Waals surface area contributed by atoms with Crippen molar-refractivity contribution in [1.29, 1.82) is 0 Å². The van der Waals surface area contributed by atoms with Gasteiger partial charge in [0.25, 0.3) is 0 Å². The smallest absolute Gasteiger partial charge is 0.354 e. The average Bonchev–Trinajstić information content (AvgIpc) is 1.96. The van der Waals surface area contributed by atoms with E-state index in [1.165, 1.54) is 7.05 Å². The van der Waals surface area contributed by atoms with Gasteiger partial charge in [-0.25, -0.2) is 0 Å². The molecule has 0 aromatic carbocycles. The summed E-state index contributed by atoms with van der Waals surface area (Å²) in [5.41, 5.74) is 0. The second-order valence-electron chi connectivity index (χ2n) is 3.31. The van der Waals surface area contributed by atoms with Crippen molar-refractivity contribution in [2.24, 2.45) is 0 Å². The average molecular weight is 212 g/mol. The Morgan fingerprint density at radius 3 is 2.14 bits per heavy atom. The van der Waals surface area contributed by atoms with Crippen LogP contribution in [0, 0.1) is 0 Å². The van der Waals surface area contributed by atoms with E-state index >= 15 is 0 Å². The Kier molecular flexibility index (Phi) is 4.90. The third-order valence-corrected chi connectivity index (χ3v) is 1.58. The fourth-order valence-corrected chi connectivity index (χ4v) is 0.948. The molecule has 0 aromatic heterocycles. The van der Waals surface area contributed by atoms with Crippen LogP contribution in [0.2, 0.25) is 0 Å². The highest BCUT2D eigenvalue weighted by atomic mass is 19.4. The lowest BCUT2D eigenvalue weighted by molar-refractivity contribution is -0.160. The Morgan fingerprint density at radius 2 is 1.86 bits per heavy atom. The van der Waals surface area contributed by atoms with E-state index in [2.05, 4.69) is 10.6 Å². The van der Waals surface area contributed by atoms with Gasteiger partial charge in [-0.1, -0.05) is 0 Å². The van der Waals surface area contributed by atoms with Gasteiger partial charge in [0, 0.05) is 6.04 Å². The molecule has 0 saturated heterocycles. The zero-order valence-electron chi connectivity index (χ0n) is 8.40. The van der Waals surface area contributed by atoms with Crippen LogP contribution in [0.15, 0.2) is 0 Å². The number of rotatable bonds is 4. The molecule has 0 aliphatic heterocycles. The third-order valence-electron chi connectivity index (χ3n) is 1.58. The fraction of sp³-hybridized carbons (Fsp3) is 0.875. The first kappa shape index (κ1) is 13.2. The molecule has 14 heavy (non-hydrogen) atoms. The number of hydrogen-bond donors (Lipinski definition) is 2. The summed E-state index contributed by atoms with van der Waals surface area (Å²) in [5.74, 6) is -0.600. The van der Waals surface area contributed by atoms with Gasteiger partial charge in [-0.05, 0) is 20.9 Å². The molecule has 0 radical (unpaired) electrons. The van der Waals surface area contributed by atoms with E-state index in [-0.39, 0.29) is 6.04 Å². The maximum absolute atomic E-state index is 12.2. The first-order chi connectivity index (χ1) is 6.27. The monoisotopic (exact) mass is 212 g/mol. The van der Waals surface area contributed by atoms with E-state index < -0.39 is 24.5 Å². The summed E-state index contributed by atoms with van der Waals surface area (Å²) >= 11 is 0. The fourth-order valence-electron chi connectivity index (χ4n) is 0.948. The van der Waals surface area contributed by atoms with Gasteiger partial charge in [0.05, 0.1) is 6.42 Å². The molecule has 0 fully saturated rings. The van der Waals surface area contributed by atoms with Crippen LogP contribution in [0.25, 0.3) is 0 Å². The topological polar surface area (TPSA) is 41.1 Å². The van der Waals surface area contributed by atoms with Crippen LogP contribution in [-0.4, -0.2) is 31.2 Å². The van der Waals surface area contributed by atoms with E-state index in [0.717, 1.165) is 0 Å². The highest BCUT2D eigenvalue weighted by Gasteiger charge is 2.39. The third kappa shape index (κ3) is 5.06. The van der Waals surface area contributed by atoms with Gasteiger partial charge in [0.15, 0.2) is 0 Å². The van der Waals surface area contributed by atoms with Crippen molar-refractivity contribution in [3.05, 3.63) is 0 Å². The molecular weight excluding hydrogens is 197 g/mol. The molecule has 3 nitrogen and oxygen atoms in total. The van der Waals surface area contributed by atoms with Crippen LogP contribution in [-0.2, 0) is 4.79 Å². The summed E-state index contributed by atoms with van der Waals surface area (Å²) in [7, 11) is 1.18. The zero-order valence-corrected chi connectivity index (χ0v) is 8.40. The molecule has 0 saturated carbocycles. The molecule has 0 heterocycles. The highest BCUT2D eigenvalue weighted by molar-refractivity contribution is 5.76. The molecule has 1 amide bonds. The molecule has 1 unspecified atom stereocenters. The first-order valence-electron chi connectivity index (χ1n) is 4.30. The van der Waals surface area contributed by atoms with Crippen LogP contribution in [0.5, 0.6) is 0 Å². The Hall–Kier alpha value is -0.780. The highest BCUT2D eigenvalue weighted by Crippen LogP contribution is 2.21. The van der Waals surface area contributed by atoms with Crippen molar-refractivity contribution in [3.63, 3.8) is 0 Å². The predicted molar refractivity (Wildman–Crippen MR) is 46.8 cm³/mol. The van der Waals surface area contributed by atoms with Gasteiger partial charge >= 0.3 is 6.18 Å². The molecule has 0 spiro atoms. The van der Waals surface area contributed by atoms with Crippen LogP contribution in [0.1, 0.15) is 20.3 Å². The SMILES string of the molecule is CNC(CC(=O)NC(C)C)C(F)(F)F. The van der Waals surface area contributed by atoms with Crippen LogP contribution < -0.4 is 10.6 Å². The lowest BCUT2D eigenvalue weighted by Gasteiger charge is -2.19. The number of carbonyl (C=O) groups excluding carboxylic acids is 1. The lowest BCUT2D eigenvalue weighted by atomic mass is 10.2. The largest absolute Gasteiger partial charge is 0.404 e. The Balaban J connectivity index is 4.13. The van der Waals surface area contributed by atoms with E-state index in [9.17, 15) is 18.0 Å². The quantitative estimate of drug-likeness (QED) is 0.731. The minimum absolute atomic E-state index is 0.145. The van der Waals surface area contributed by atoms with Crippen molar-refractivity contribution >= 4 is 5.91 Å². The molecule has 0 rings (SSSR count). The van der Waals surface area contributed by atoms with Gasteiger partial charge in [-0.15, -0.1) is 0 Å². The Labute approximate surface area is 81.1 Å². The molecule has 6 heteroatoms. The summed E-state index contributed by atoms with van der Waals surface area (Å²) in [4.78, 5) is 11.0. The number of carbonyl (C=O) groups is 1. The minimum Gasteiger partial charge on any atom is -0.354 e. The van der Waals surface area contributed by atoms with Gasteiger partial charge in [0.2, 0.25) is 5.91 Å². The molecular formula is C8H15F3N2O. The summed E-state index contributed by atoms with van der Waals surface area (Å²) in [5, 5.41) is 4.46.